The molecule has 2 N–H and O–H groups in total. The average molecular weight is 269 g/mol. The fourth-order valence-electron chi connectivity index (χ4n) is 3.33. The van der Waals surface area contributed by atoms with Gasteiger partial charge in [-0.2, -0.15) is 5.10 Å². The molecule has 3 nitrogen and oxygen atoms in total. The first kappa shape index (κ1) is 13.2. The number of nitrogens with two attached hydrogens (primary N) is 1. The highest BCUT2D eigenvalue weighted by Crippen LogP contribution is 2.33. The maximum Gasteiger partial charge on any atom is 0.129 e. The Bertz CT molecular complexity index is 565. The summed E-state index contributed by atoms with van der Waals surface area (Å²) in [5.41, 5.74) is 9.69. The van der Waals surface area contributed by atoms with E-state index in [0.29, 0.717) is 0 Å². The summed E-state index contributed by atoms with van der Waals surface area (Å²) in [7, 11) is 1.93. The molecule has 1 aromatic carbocycles. The van der Waals surface area contributed by atoms with E-state index < -0.39 is 0 Å². The van der Waals surface area contributed by atoms with Gasteiger partial charge < -0.3 is 5.73 Å². The molecule has 0 bridgehead atoms. The van der Waals surface area contributed by atoms with Gasteiger partial charge in [0.1, 0.15) is 5.82 Å². The zero-order valence-electron chi connectivity index (χ0n) is 12.2. The smallest absolute Gasteiger partial charge is 0.129 e. The van der Waals surface area contributed by atoms with Gasteiger partial charge in [-0.05, 0) is 24.3 Å². The normalized spacial score (nSPS) is 15.8. The molecular formula is C17H23N3. The number of nitrogen functional groups attached to an aromatic ring is 1. The summed E-state index contributed by atoms with van der Waals surface area (Å²) in [5.74, 6) is 1.67. The molecule has 0 spiro atoms. The molecule has 0 saturated heterocycles. The molecule has 1 heterocycles. The largest absolute Gasteiger partial charge is 0.383 e. The van der Waals surface area contributed by atoms with Crippen molar-refractivity contribution in [2.75, 3.05) is 5.73 Å². The van der Waals surface area contributed by atoms with Crippen molar-refractivity contribution >= 4 is 5.82 Å². The standard InChI is InChI=1S/C17H23N3/c1-20-17(18)16(14-9-3-2-4-10-14)15(19-20)12-11-13-7-5-6-8-13/h2-4,9-10,13H,5-8,11-12,18H2,1H3. The van der Waals surface area contributed by atoms with E-state index in [4.69, 9.17) is 5.73 Å². The van der Waals surface area contributed by atoms with E-state index in [2.05, 4.69) is 29.4 Å². The Hall–Kier alpha value is -1.77. The van der Waals surface area contributed by atoms with Crippen LogP contribution in [-0.2, 0) is 13.5 Å². The highest BCUT2D eigenvalue weighted by Gasteiger charge is 2.19. The Labute approximate surface area is 120 Å². The van der Waals surface area contributed by atoms with Gasteiger partial charge in [0.15, 0.2) is 0 Å². The number of nitrogens with zero attached hydrogens (tertiary/aromatic N) is 2. The third-order valence-corrected chi connectivity index (χ3v) is 4.49. The SMILES string of the molecule is Cn1nc(CCC2CCCC2)c(-c2ccccc2)c1N. The molecule has 20 heavy (non-hydrogen) atoms. The van der Waals surface area contributed by atoms with E-state index in [-0.39, 0.29) is 0 Å². The van der Waals surface area contributed by atoms with Crippen LogP contribution in [0.2, 0.25) is 0 Å². The second-order valence-electron chi connectivity index (χ2n) is 5.89. The lowest BCUT2D eigenvalue weighted by Gasteiger charge is -2.08. The summed E-state index contributed by atoms with van der Waals surface area (Å²) in [4.78, 5) is 0. The van der Waals surface area contributed by atoms with Crippen LogP contribution < -0.4 is 5.73 Å². The Kier molecular flexibility index (Phi) is 3.77. The topological polar surface area (TPSA) is 43.8 Å². The third-order valence-electron chi connectivity index (χ3n) is 4.49. The molecule has 1 aromatic heterocycles. The molecule has 1 aliphatic rings. The van der Waals surface area contributed by atoms with Gasteiger partial charge in [-0.1, -0.05) is 56.0 Å². The van der Waals surface area contributed by atoms with Crippen molar-refractivity contribution in [2.45, 2.75) is 38.5 Å². The number of hydrogen-bond donors (Lipinski definition) is 1. The van der Waals surface area contributed by atoms with E-state index >= 15 is 0 Å². The summed E-state index contributed by atoms with van der Waals surface area (Å²) < 4.78 is 1.81. The van der Waals surface area contributed by atoms with Gasteiger partial charge >= 0.3 is 0 Å². The fraction of sp³-hybridized carbons (Fsp3) is 0.471. The van der Waals surface area contributed by atoms with Gasteiger partial charge in [-0.25, -0.2) is 0 Å². The van der Waals surface area contributed by atoms with Crippen molar-refractivity contribution < 1.29 is 0 Å². The first-order chi connectivity index (χ1) is 9.75. The molecule has 3 heteroatoms. The van der Waals surface area contributed by atoms with Crippen LogP contribution >= 0.6 is 0 Å². The Balaban J connectivity index is 1.85. The van der Waals surface area contributed by atoms with Gasteiger partial charge in [0, 0.05) is 12.6 Å². The highest BCUT2D eigenvalue weighted by atomic mass is 15.3. The predicted octanol–water partition coefficient (Wildman–Crippen LogP) is 3.79. The number of benzene rings is 1. The number of hydrogen-bond acceptors (Lipinski definition) is 2. The predicted molar refractivity (Wildman–Crippen MR) is 83.3 cm³/mol. The minimum Gasteiger partial charge on any atom is -0.383 e. The van der Waals surface area contributed by atoms with Crippen molar-refractivity contribution in [2.24, 2.45) is 13.0 Å². The minimum absolute atomic E-state index is 0.776. The van der Waals surface area contributed by atoms with Crippen molar-refractivity contribution in [3.8, 4) is 11.1 Å². The lowest BCUT2D eigenvalue weighted by molar-refractivity contribution is 0.499. The van der Waals surface area contributed by atoms with E-state index in [1.165, 1.54) is 37.7 Å². The molecular weight excluding hydrogens is 246 g/mol. The fourth-order valence-corrected chi connectivity index (χ4v) is 3.33. The molecule has 1 aliphatic carbocycles. The Morgan fingerprint density at radius 1 is 1.20 bits per heavy atom. The van der Waals surface area contributed by atoms with Crippen molar-refractivity contribution in [1.82, 2.24) is 9.78 Å². The minimum atomic E-state index is 0.776. The van der Waals surface area contributed by atoms with E-state index in [0.717, 1.165) is 29.4 Å². The van der Waals surface area contributed by atoms with E-state index in [1.807, 2.05) is 17.8 Å². The van der Waals surface area contributed by atoms with Crippen LogP contribution in [0.5, 0.6) is 0 Å². The number of aromatic nitrogens is 2. The Morgan fingerprint density at radius 3 is 2.60 bits per heavy atom. The second kappa shape index (κ2) is 5.70. The second-order valence-corrected chi connectivity index (χ2v) is 5.89. The lowest BCUT2D eigenvalue weighted by atomic mass is 9.97. The van der Waals surface area contributed by atoms with Gasteiger partial charge in [-0.3, -0.25) is 4.68 Å². The molecule has 3 rings (SSSR count). The number of aryl methyl sites for hydroxylation is 2. The third kappa shape index (κ3) is 2.58. The number of anilines is 1. The molecule has 106 valence electrons. The van der Waals surface area contributed by atoms with Crippen LogP contribution in [0.15, 0.2) is 30.3 Å². The van der Waals surface area contributed by atoms with Gasteiger partial charge in [-0.15, -0.1) is 0 Å². The average Bonchev–Trinajstić information content (AvgIpc) is 3.07. The van der Waals surface area contributed by atoms with Crippen LogP contribution in [-0.4, -0.2) is 9.78 Å². The van der Waals surface area contributed by atoms with Gasteiger partial charge in [0.2, 0.25) is 0 Å². The lowest BCUT2D eigenvalue weighted by Crippen LogP contribution is -1.99. The van der Waals surface area contributed by atoms with Crippen molar-refractivity contribution in [3.63, 3.8) is 0 Å². The zero-order chi connectivity index (χ0) is 13.9. The highest BCUT2D eigenvalue weighted by molar-refractivity contribution is 5.76. The van der Waals surface area contributed by atoms with Gasteiger partial charge in [0.25, 0.3) is 0 Å². The monoisotopic (exact) mass is 269 g/mol. The first-order valence-corrected chi connectivity index (χ1v) is 7.62. The molecule has 1 fully saturated rings. The summed E-state index contributed by atoms with van der Waals surface area (Å²) >= 11 is 0. The quantitative estimate of drug-likeness (QED) is 0.917. The molecule has 0 atom stereocenters. The molecule has 0 unspecified atom stereocenters. The summed E-state index contributed by atoms with van der Waals surface area (Å²) in [6, 6.07) is 10.4. The van der Waals surface area contributed by atoms with Crippen LogP contribution in [0.1, 0.15) is 37.8 Å². The number of rotatable bonds is 4. The summed E-state index contributed by atoms with van der Waals surface area (Å²) in [6.45, 7) is 0. The first-order valence-electron chi connectivity index (χ1n) is 7.62. The summed E-state index contributed by atoms with van der Waals surface area (Å²) in [5, 5.41) is 4.64. The maximum absolute atomic E-state index is 6.22. The Morgan fingerprint density at radius 2 is 1.90 bits per heavy atom. The van der Waals surface area contributed by atoms with Crippen LogP contribution in [0.3, 0.4) is 0 Å². The van der Waals surface area contributed by atoms with Gasteiger partial charge in [0.05, 0.1) is 5.69 Å². The summed E-state index contributed by atoms with van der Waals surface area (Å²) in [6.07, 6.45) is 7.88. The molecule has 2 aromatic rings. The van der Waals surface area contributed by atoms with Crippen LogP contribution in [0, 0.1) is 5.92 Å². The molecule has 0 aliphatic heterocycles. The van der Waals surface area contributed by atoms with Crippen molar-refractivity contribution in [1.29, 1.82) is 0 Å². The van der Waals surface area contributed by atoms with Crippen LogP contribution in [0.4, 0.5) is 5.82 Å². The molecule has 0 radical (unpaired) electrons. The van der Waals surface area contributed by atoms with Crippen molar-refractivity contribution in [3.05, 3.63) is 36.0 Å². The molecule has 1 saturated carbocycles. The van der Waals surface area contributed by atoms with Crippen LogP contribution in [0.25, 0.3) is 11.1 Å². The maximum atomic E-state index is 6.22. The molecule has 0 amide bonds. The van der Waals surface area contributed by atoms with E-state index in [9.17, 15) is 0 Å². The van der Waals surface area contributed by atoms with E-state index in [1.54, 1.807) is 0 Å². The zero-order valence-corrected chi connectivity index (χ0v) is 12.2.